The third-order valence-corrected chi connectivity index (χ3v) is 7.32. The van der Waals surface area contributed by atoms with Gasteiger partial charge in [-0.25, -0.2) is 9.97 Å². The molecule has 33 heavy (non-hydrogen) atoms. The van der Waals surface area contributed by atoms with Crippen LogP contribution in [0.1, 0.15) is 40.9 Å². The van der Waals surface area contributed by atoms with Crippen LogP contribution in [0.5, 0.6) is 11.5 Å². The molecule has 1 saturated carbocycles. The molecule has 0 radical (unpaired) electrons. The average molecular weight is 452 g/mol. The summed E-state index contributed by atoms with van der Waals surface area (Å²) < 4.78 is 10.9. The highest BCUT2D eigenvalue weighted by molar-refractivity contribution is 5.98. The Bertz CT molecular complexity index is 1000. The molecule has 1 saturated heterocycles. The molecule has 0 spiro atoms. The van der Waals surface area contributed by atoms with E-state index in [1.165, 1.54) is 19.3 Å². The van der Waals surface area contributed by atoms with Crippen LogP contribution in [0, 0.1) is 0 Å². The second kappa shape index (κ2) is 9.55. The Morgan fingerprint density at radius 2 is 1.79 bits per heavy atom. The number of carbonyl (C=O) groups is 1. The number of amides is 1. The van der Waals surface area contributed by atoms with Crippen LogP contribution in [0.15, 0.2) is 24.4 Å². The third-order valence-electron chi connectivity index (χ3n) is 7.32. The number of anilines is 1. The van der Waals surface area contributed by atoms with E-state index in [1.807, 2.05) is 17.2 Å². The van der Waals surface area contributed by atoms with Gasteiger partial charge in [-0.15, -0.1) is 0 Å². The van der Waals surface area contributed by atoms with Gasteiger partial charge in [0.15, 0.2) is 11.5 Å². The molecule has 1 aromatic carbocycles. The Balaban J connectivity index is 1.26. The Kier molecular flexibility index (Phi) is 6.35. The number of hydrogen-bond donors (Lipinski definition) is 0. The number of benzene rings is 1. The van der Waals surface area contributed by atoms with E-state index in [1.54, 1.807) is 26.4 Å². The first-order chi connectivity index (χ1) is 16.2. The standard InChI is InChI=1S/C25H33N5O3/c1-32-22-8-4-7-20(23(22)33-2)24(31)29-11-9-18-17-26-25(27-21(18)10-12-29)30-15-13-28(14-16-30)19-5-3-6-19/h4,7-8,17,19H,3,5-6,9-16H2,1-2H3. The van der Waals surface area contributed by atoms with Crippen LogP contribution in [-0.4, -0.2) is 85.2 Å². The number of methoxy groups -OCH3 is 2. The molecule has 8 heteroatoms. The average Bonchev–Trinajstić information content (AvgIpc) is 3.04. The molecule has 3 heterocycles. The highest BCUT2D eigenvalue weighted by atomic mass is 16.5. The van der Waals surface area contributed by atoms with Gasteiger partial charge in [-0.2, -0.15) is 0 Å². The molecule has 1 amide bonds. The summed E-state index contributed by atoms with van der Waals surface area (Å²) in [7, 11) is 3.15. The molecule has 3 aliphatic rings. The number of para-hydroxylation sites is 1. The van der Waals surface area contributed by atoms with Crippen molar-refractivity contribution in [2.75, 3.05) is 58.4 Å². The van der Waals surface area contributed by atoms with Crippen molar-refractivity contribution in [1.82, 2.24) is 19.8 Å². The molecular weight excluding hydrogens is 418 g/mol. The Labute approximate surface area is 195 Å². The van der Waals surface area contributed by atoms with E-state index in [-0.39, 0.29) is 5.91 Å². The number of aromatic nitrogens is 2. The number of nitrogens with zero attached hydrogens (tertiary/aromatic N) is 5. The van der Waals surface area contributed by atoms with Crippen LogP contribution >= 0.6 is 0 Å². The number of fused-ring (bicyclic) bond motifs is 1. The minimum Gasteiger partial charge on any atom is -0.493 e. The summed E-state index contributed by atoms with van der Waals surface area (Å²) in [5.41, 5.74) is 2.73. The van der Waals surface area contributed by atoms with E-state index >= 15 is 0 Å². The lowest BCUT2D eigenvalue weighted by molar-refractivity contribution is 0.0759. The quantitative estimate of drug-likeness (QED) is 0.691. The van der Waals surface area contributed by atoms with Crippen molar-refractivity contribution < 1.29 is 14.3 Å². The Morgan fingerprint density at radius 3 is 2.48 bits per heavy atom. The topological polar surface area (TPSA) is 71.0 Å². The number of rotatable bonds is 5. The number of ether oxygens (including phenoxy) is 2. The third kappa shape index (κ3) is 4.36. The zero-order chi connectivity index (χ0) is 22.8. The SMILES string of the molecule is COc1cccc(C(=O)N2CCc3cnc(N4CCN(C5CCC5)CC4)nc3CC2)c1OC. The summed E-state index contributed by atoms with van der Waals surface area (Å²) in [5, 5.41) is 0. The normalized spacial score (nSPS) is 19.5. The molecule has 0 bridgehead atoms. The second-order valence-corrected chi connectivity index (χ2v) is 9.08. The van der Waals surface area contributed by atoms with E-state index in [2.05, 4.69) is 9.80 Å². The van der Waals surface area contributed by atoms with Crippen molar-refractivity contribution in [3.63, 3.8) is 0 Å². The molecule has 1 aliphatic carbocycles. The lowest BCUT2D eigenvalue weighted by Crippen LogP contribution is -2.52. The van der Waals surface area contributed by atoms with Gasteiger partial charge in [0, 0.05) is 57.9 Å². The molecule has 8 nitrogen and oxygen atoms in total. The lowest BCUT2D eigenvalue weighted by Gasteiger charge is -2.43. The molecule has 176 valence electrons. The summed E-state index contributed by atoms with van der Waals surface area (Å²) in [5.74, 6) is 1.83. The summed E-state index contributed by atoms with van der Waals surface area (Å²) in [6.45, 7) is 5.41. The lowest BCUT2D eigenvalue weighted by atomic mass is 9.91. The molecule has 0 atom stereocenters. The Morgan fingerprint density at radius 1 is 1.00 bits per heavy atom. The van der Waals surface area contributed by atoms with E-state index in [0.717, 1.165) is 62.3 Å². The van der Waals surface area contributed by atoms with E-state index in [0.29, 0.717) is 30.2 Å². The predicted octanol–water partition coefficient (Wildman–Crippen LogP) is 2.41. The van der Waals surface area contributed by atoms with Crippen LogP contribution in [-0.2, 0) is 12.8 Å². The molecule has 0 unspecified atom stereocenters. The van der Waals surface area contributed by atoms with Crippen LogP contribution in [0.2, 0.25) is 0 Å². The summed E-state index contributed by atoms with van der Waals surface area (Å²) in [6.07, 6.45) is 7.53. The van der Waals surface area contributed by atoms with Crippen molar-refractivity contribution in [2.45, 2.75) is 38.1 Å². The fraction of sp³-hybridized carbons (Fsp3) is 0.560. The first-order valence-corrected chi connectivity index (χ1v) is 12.0. The van der Waals surface area contributed by atoms with Crippen molar-refractivity contribution in [3.05, 3.63) is 41.2 Å². The van der Waals surface area contributed by atoms with Crippen molar-refractivity contribution in [1.29, 1.82) is 0 Å². The highest BCUT2D eigenvalue weighted by Gasteiger charge is 2.29. The molecule has 2 fully saturated rings. The van der Waals surface area contributed by atoms with Gasteiger partial charge in [0.1, 0.15) is 0 Å². The zero-order valence-electron chi connectivity index (χ0n) is 19.6. The van der Waals surface area contributed by atoms with Gasteiger partial charge in [-0.1, -0.05) is 12.5 Å². The molecule has 0 N–H and O–H groups in total. The summed E-state index contributed by atoms with van der Waals surface area (Å²) >= 11 is 0. The maximum Gasteiger partial charge on any atom is 0.257 e. The number of hydrogen-bond acceptors (Lipinski definition) is 7. The Hall–Kier alpha value is -2.87. The maximum absolute atomic E-state index is 13.3. The fourth-order valence-corrected chi connectivity index (χ4v) is 5.09. The summed E-state index contributed by atoms with van der Waals surface area (Å²) in [4.78, 5) is 29.8. The van der Waals surface area contributed by atoms with Crippen LogP contribution in [0.4, 0.5) is 5.95 Å². The fourth-order valence-electron chi connectivity index (χ4n) is 5.09. The maximum atomic E-state index is 13.3. The molecule has 1 aromatic heterocycles. The van der Waals surface area contributed by atoms with Crippen molar-refractivity contribution in [2.24, 2.45) is 0 Å². The molecule has 2 aromatic rings. The van der Waals surface area contributed by atoms with Gasteiger partial charge < -0.3 is 19.3 Å². The van der Waals surface area contributed by atoms with Crippen molar-refractivity contribution in [3.8, 4) is 11.5 Å². The van der Waals surface area contributed by atoms with E-state index < -0.39 is 0 Å². The minimum atomic E-state index is -0.0427. The molecule has 2 aliphatic heterocycles. The predicted molar refractivity (Wildman–Crippen MR) is 126 cm³/mol. The largest absolute Gasteiger partial charge is 0.493 e. The van der Waals surface area contributed by atoms with Gasteiger partial charge >= 0.3 is 0 Å². The van der Waals surface area contributed by atoms with E-state index in [4.69, 9.17) is 19.4 Å². The van der Waals surface area contributed by atoms with Gasteiger partial charge in [0.2, 0.25) is 5.95 Å². The minimum absolute atomic E-state index is 0.0427. The van der Waals surface area contributed by atoms with Crippen LogP contribution < -0.4 is 14.4 Å². The first kappa shape index (κ1) is 21.9. The van der Waals surface area contributed by atoms with Gasteiger partial charge in [-0.3, -0.25) is 9.69 Å². The highest BCUT2D eigenvalue weighted by Crippen LogP contribution is 2.32. The number of carbonyl (C=O) groups excluding carboxylic acids is 1. The monoisotopic (exact) mass is 451 g/mol. The second-order valence-electron chi connectivity index (χ2n) is 9.08. The van der Waals surface area contributed by atoms with Gasteiger partial charge in [-0.05, 0) is 37.0 Å². The van der Waals surface area contributed by atoms with Gasteiger partial charge in [0.25, 0.3) is 5.91 Å². The smallest absolute Gasteiger partial charge is 0.257 e. The molecule has 5 rings (SSSR count). The first-order valence-electron chi connectivity index (χ1n) is 12.0. The van der Waals surface area contributed by atoms with Crippen LogP contribution in [0.3, 0.4) is 0 Å². The molecular formula is C25H33N5O3. The van der Waals surface area contributed by atoms with Crippen LogP contribution in [0.25, 0.3) is 0 Å². The number of piperazine rings is 1. The van der Waals surface area contributed by atoms with Crippen molar-refractivity contribution >= 4 is 11.9 Å². The zero-order valence-corrected chi connectivity index (χ0v) is 19.6. The van der Waals surface area contributed by atoms with E-state index in [9.17, 15) is 4.79 Å². The van der Waals surface area contributed by atoms with Gasteiger partial charge in [0.05, 0.1) is 25.5 Å². The summed E-state index contributed by atoms with van der Waals surface area (Å²) in [6, 6.07) is 6.22.